The van der Waals surface area contributed by atoms with Crippen LogP contribution in [-0.2, 0) is 27.9 Å². The Balaban J connectivity index is 2.35. The van der Waals surface area contributed by atoms with Crippen molar-refractivity contribution in [1.82, 2.24) is 0 Å². The largest absolute Gasteiger partial charge is 0.472 e. The fraction of sp³-hybridized carbons (Fsp3) is 0.824. The molecule has 0 aliphatic heterocycles. The summed E-state index contributed by atoms with van der Waals surface area (Å²) in [5.41, 5.74) is 0. The Morgan fingerprint density at radius 2 is 0.875 bits per heavy atom. The molecule has 1 aliphatic rings. The van der Waals surface area contributed by atoms with Gasteiger partial charge in [-0.05, 0) is 77.0 Å². The predicted octanol–water partition coefficient (Wildman–Crippen LogP) is 11.2. The minimum Gasteiger partial charge on any atom is -0.457 e. The molecule has 1 fully saturated rings. The van der Waals surface area contributed by atoms with Gasteiger partial charge in [0, 0.05) is 13.0 Å². The third-order valence-corrected chi connectivity index (χ3v) is 12.7. The number of unbranched alkanes of at least 4 members (excludes halogenated alkanes) is 23. The summed E-state index contributed by atoms with van der Waals surface area (Å²) in [6, 6.07) is 0. The highest BCUT2D eigenvalue weighted by molar-refractivity contribution is 7.47. The Bertz CT molecular complexity index is 1240. The third kappa shape index (κ3) is 32.9. The molecule has 6 unspecified atom stereocenters. The van der Waals surface area contributed by atoms with Crippen LogP contribution in [0.2, 0.25) is 0 Å². The molecule has 0 radical (unpaired) electrons. The van der Waals surface area contributed by atoms with Crippen LogP contribution in [0.3, 0.4) is 0 Å². The quantitative estimate of drug-likeness (QED) is 0.0147. The third-order valence-electron chi connectivity index (χ3n) is 11.7. The van der Waals surface area contributed by atoms with Gasteiger partial charge >= 0.3 is 13.8 Å². The zero-order valence-corrected chi connectivity index (χ0v) is 41.0. The number of phosphoric ester groups is 1. The summed E-state index contributed by atoms with van der Waals surface area (Å²) in [6.07, 6.45) is 38.8. The number of phosphoric acid groups is 1. The van der Waals surface area contributed by atoms with E-state index in [0.717, 1.165) is 70.6 Å². The lowest BCUT2D eigenvalue weighted by Crippen LogP contribution is -2.64. The summed E-state index contributed by atoms with van der Waals surface area (Å²) in [5, 5.41) is 50.3. The molecule has 6 N–H and O–H groups in total. The molecule has 13 heteroatoms. The first kappa shape index (κ1) is 60.3. The molecule has 374 valence electrons. The zero-order chi connectivity index (χ0) is 46.9. The van der Waals surface area contributed by atoms with Crippen molar-refractivity contribution >= 4 is 13.8 Å². The van der Waals surface area contributed by atoms with Crippen molar-refractivity contribution < 1.29 is 58.3 Å². The minimum absolute atomic E-state index is 0.0824. The van der Waals surface area contributed by atoms with Gasteiger partial charge in [-0.2, -0.15) is 0 Å². The van der Waals surface area contributed by atoms with E-state index in [1.165, 1.54) is 109 Å². The number of hydrogen-bond acceptors (Lipinski definition) is 11. The van der Waals surface area contributed by atoms with E-state index in [2.05, 4.69) is 62.5 Å². The molecule has 0 amide bonds. The van der Waals surface area contributed by atoms with Gasteiger partial charge in [0.05, 0.1) is 13.2 Å². The Hall–Kier alpha value is -1.70. The molecule has 6 atom stereocenters. The van der Waals surface area contributed by atoms with Crippen LogP contribution in [0.4, 0.5) is 0 Å². The number of carbonyl (C=O) groups is 1. The molecule has 0 bridgehead atoms. The maximum atomic E-state index is 12.8. The topological polar surface area (TPSA) is 192 Å². The average molecular weight is 929 g/mol. The van der Waals surface area contributed by atoms with Crippen LogP contribution in [0.15, 0.2) is 48.6 Å². The van der Waals surface area contributed by atoms with Gasteiger partial charge in [-0.15, -0.1) is 0 Å². The molecule has 0 heterocycles. The second-order valence-electron chi connectivity index (χ2n) is 17.7. The summed E-state index contributed by atoms with van der Waals surface area (Å²) in [4.78, 5) is 23.2. The molecular formula is C51H93O12P. The smallest absolute Gasteiger partial charge is 0.457 e. The standard InChI is InChI=1S/C51H93O12P/c1-3-5-7-9-11-13-15-17-19-21-22-23-25-27-29-31-33-35-37-39-41-60-42-44(43-61-64(58,59)63-51-49(56)47(54)46(53)48(55)50(51)57)62-45(52)40-38-36-34-32-30-28-26-24-20-18-16-14-12-10-8-6-4-2/h11-14,17-20,44,46-51,53-57H,3-10,15-16,21-43H2,1-2H3,(H,58,59)/b13-11-,14-12-,19-17-,20-18-. The van der Waals surface area contributed by atoms with Gasteiger partial charge in [-0.1, -0.05) is 172 Å². The van der Waals surface area contributed by atoms with Crippen LogP contribution >= 0.6 is 7.82 Å². The summed E-state index contributed by atoms with van der Waals surface area (Å²) in [6.45, 7) is 4.21. The molecule has 0 aromatic rings. The maximum absolute atomic E-state index is 12.8. The predicted molar refractivity (Wildman–Crippen MR) is 258 cm³/mol. The number of carbonyl (C=O) groups excluding carboxylic acids is 1. The Morgan fingerprint density at radius 1 is 0.500 bits per heavy atom. The van der Waals surface area contributed by atoms with Gasteiger partial charge in [0.25, 0.3) is 0 Å². The van der Waals surface area contributed by atoms with E-state index in [0.29, 0.717) is 13.0 Å². The summed E-state index contributed by atoms with van der Waals surface area (Å²) in [5.74, 6) is -0.486. The Labute approximate surface area is 388 Å². The zero-order valence-electron chi connectivity index (χ0n) is 40.1. The maximum Gasteiger partial charge on any atom is 0.472 e. The van der Waals surface area contributed by atoms with E-state index in [1.54, 1.807) is 0 Å². The van der Waals surface area contributed by atoms with Crippen molar-refractivity contribution in [2.45, 2.75) is 249 Å². The Kier molecular flexibility index (Phi) is 39.1. The first-order chi connectivity index (χ1) is 31.0. The number of aliphatic hydroxyl groups excluding tert-OH is 5. The minimum atomic E-state index is -5.03. The van der Waals surface area contributed by atoms with Crippen molar-refractivity contribution in [1.29, 1.82) is 0 Å². The fourth-order valence-corrected chi connectivity index (χ4v) is 8.57. The van der Waals surface area contributed by atoms with Crippen LogP contribution in [0, 0.1) is 0 Å². The summed E-state index contributed by atoms with van der Waals surface area (Å²) in [7, 11) is -5.03. The van der Waals surface area contributed by atoms with E-state index in [9.17, 15) is 39.8 Å². The van der Waals surface area contributed by atoms with Crippen molar-refractivity contribution in [3.8, 4) is 0 Å². The monoisotopic (exact) mass is 929 g/mol. The second kappa shape index (κ2) is 41.5. The first-order valence-electron chi connectivity index (χ1n) is 25.5. The molecule has 1 saturated carbocycles. The lowest BCUT2D eigenvalue weighted by Gasteiger charge is -2.41. The van der Waals surface area contributed by atoms with Crippen molar-refractivity contribution in [3.05, 3.63) is 48.6 Å². The first-order valence-corrected chi connectivity index (χ1v) is 27.0. The number of ether oxygens (including phenoxy) is 2. The van der Waals surface area contributed by atoms with Gasteiger partial charge in [-0.3, -0.25) is 13.8 Å². The SMILES string of the molecule is CCCCC/C=C\C/C=C\CCCCCCCCCCCCOCC(COP(=O)(O)OC1C(O)C(O)C(O)C(O)C1O)OC(=O)CCCCCCCCC/C=C\C/C=C\CCCCC. The van der Waals surface area contributed by atoms with E-state index in [-0.39, 0.29) is 13.0 Å². The van der Waals surface area contributed by atoms with Crippen molar-refractivity contribution in [2.75, 3.05) is 19.8 Å². The molecule has 0 aromatic carbocycles. The molecular weight excluding hydrogens is 836 g/mol. The average Bonchev–Trinajstić information content (AvgIpc) is 3.28. The highest BCUT2D eigenvalue weighted by Crippen LogP contribution is 2.47. The van der Waals surface area contributed by atoms with Crippen LogP contribution in [-0.4, -0.2) is 98.9 Å². The Morgan fingerprint density at radius 3 is 1.31 bits per heavy atom. The highest BCUT2D eigenvalue weighted by Gasteiger charge is 2.51. The van der Waals surface area contributed by atoms with Gasteiger partial charge in [0.15, 0.2) is 0 Å². The summed E-state index contributed by atoms with van der Waals surface area (Å²) < 4.78 is 34.3. The number of hydrogen-bond donors (Lipinski definition) is 6. The second-order valence-corrected chi connectivity index (χ2v) is 19.1. The highest BCUT2D eigenvalue weighted by atomic mass is 31.2. The molecule has 1 aliphatic carbocycles. The number of rotatable bonds is 43. The van der Waals surface area contributed by atoms with Crippen LogP contribution in [0.1, 0.15) is 206 Å². The van der Waals surface area contributed by atoms with Crippen LogP contribution in [0.25, 0.3) is 0 Å². The van der Waals surface area contributed by atoms with Crippen LogP contribution < -0.4 is 0 Å². The van der Waals surface area contributed by atoms with Crippen LogP contribution in [0.5, 0.6) is 0 Å². The van der Waals surface area contributed by atoms with Crippen molar-refractivity contribution in [2.24, 2.45) is 0 Å². The molecule has 12 nitrogen and oxygen atoms in total. The van der Waals surface area contributed by atoms with Gasteiger partial charge in [0.1, 0.15) is 42.7 Å². The van der Waals surface area contributed by atoms with E-state index in [4.69, 9.17) is 18.5 Å². The van der Waals surface area contributed by atoms with E-state index >= 15 is 0 Å². The molecule has 1 rings (SSSR count). The molecule has 0 aromatic heterocycles. The lowest BCUT2D eigenvalue weighted by atomic mass is 9.85. The number of aliphatic hydroxyl groups is 5. The number of allylic oxidation sites excluding steroid dienone is 8. The molecule has 0 saturated heterocycles. The van der Waals surface area contributed by atoms with E-state index < -0.39 is 63.1 Å². The van der Waals surface area contributed by atoms with Gasteiger partial charge < -0.3 is 39.9 Å². The summed E-state index contributed by atoms with van der Waals surface area (Å²) >= 11 is 0. The van der Waals surface area contributed by atoms with Gasteiger partial charge in [0.2, 0.25) is 0 Å². The lowest BCUT2D eigenvalue weighted by molar-refractivity contribution is -0.220. The molecule has 64 heavy (non-hydrogen) atoms. The number of esters is 1. The fourth-order valence-electron chi connectivity index (χ4n) is 7.59. The normalized spacial score (nSPS) is 22.1. The van der Waals surface area contributed by atoms with Crippen molar-refractivity contribution in [3.63, 3.8) is 0 Å². The van der Waals surface area contributed by atoms with Gasteiger partial charge in [-0.25, -0.2) is 4.57 Å². The molecule has 0 spiro atoms. The van der Waals surface area contributed by atoms with E-state index in [1.807, 2.05) is 0 Å².